The molecule has 0 bridgehead atoms. The summed E-state index contributed by atoms with van der Waals surface area (Å²) in [7, 11) is 0. The lowest BCUT2D eigenvalue weighted by Crippen LogP contribution is -2.26. The molecule has 0 saturated carbocycles. The van der Waals surface area contributed by atoms with Gasteiger partial charge < -0.3 is 19.6 Å². The maximum absolute atomic E-state index is 13.0. The van der Waals surface area contributed by atoms with Crippen LogP contribution in [0.1, 0.15) is 11.4 Å². The van der Waals surface area contributed by atoms with E-state index in [4.69, 9.17) is 5.11 Å². The van der Waals surface area contributed by atoms with Crippen LogP contribution in [0.5, 0.6) is 11.5 Å². The molecule has 1 aromatic heterocycles. The zero-order valence-corrected chi connectivity index (χ0v) is 11.6. The number of hydrogen-bond donors (Lipinski definition) is 2. The Bertz CT molecular complexity index is 634. The summed E-state index contributed by atoms with van der Waals surface area (Å²) in [5.41, 5.74) is 0.778. The molecule has 2 aromatic rings. The van der Waals surface area contributed by atoms with Crippen LogP contribution in [-0.4, -0.2) is 39.4 Å². The molecule has 0 fully saturated rings. The van der Waals surface area contributed by atoms with Crippen LogP contribution in [0.2, 0.25) is 0 Å². The van der Waals surface area contributed by atoms with Crippen LogP contribution in [0.15, 0.2) is 30.6 Å². The highest BCUT2D eigenvalue weighted by molar-refractivity contribution is 5.45. The van der Waals surface area contributed by atoms with Gasteiger partial charge in [0, 0.05) is 25.5 Å². The van der Waals surface area contributed by atoms with Crippen molar-refractivity contribution >= 4 is 0 Å². The van der Waals surface area contributed by atoms with Crippen LogP contribution in [0.4, 0.5) is 8.78 Å². The minimum atomic E-state index is -3.61. The number of alkyl halides is 2. The second kappa shape index (κ2) is 5.90. The second-order valence-corrected chi connectivity index (χ2v) is 4.92. The van der Waals surface area contributed by atoms with Crippen molar-refractivity contribution < 1.29 is 23.4 Å². The summed E-state index contributed by atoms with van der Waals surface area (Å²) in [6.07, 6.45) is -0.246. The lowest BCUT2D eigenvalue weighted by Gasteiger charge is -2.20. The number of aliphatic hydroxyl groups excluding tert-OH is 1. The van der Waals surface area contributed by atoms with Gasteiger partial charge in [0.15, 0.2) is 11.5 Å². The van der Waals surface area contributed by atoms with E-state index < -0.39 is 6.29 Å². The van der Waals surface area contributed by atoms with E-state index in [2.05, 4.69) is 19.4 Å². The lowest BCUT2D eigenvalue weighted by molar-refractivity contribution is -0.286. The van der Waals surface area contributed by atoms with Gasteiger partial charge in [-0.2, -0.15) is 0 Å². The standard InChI is InChI=1S/C14H15F2N3O3/c15-14(16)21-11-2-1-10(7-12(11)22-14)8-19(5-6-20)9-13-17-3-4-18-13/h1-4,7,20H,5-6,8-9H2,(H,17,18). The average Bonchev–Trinajstić information content (AvgIpc) is 3.04. The Kier molecular flexibility index (Phi) is 3.95. The molecule has 3 rings (SSSR count). The smallest absolute Gasteiger partial charge is 0.395 e. The van der Waals surface area contributed by atoms with Crippen LogP contribution in [0.3, 0.4) is 0 Å². The highest BCUT2D eigenvalue weighted by atomic mass is 19.3. The van der Waals surface area contributed by atoms with Gasteiger partial charge in [-0.25, -0.2) is 4.98 Å². The van der Waals surface area contributed by atoms with Gasteiger partial charge in [0.1, 0.15) is 5.82 Å². The number of aromatic amines is 1. The predicted molar refractivity (Wildman–Crippen MR) is 72.4 cm³/mol. The molecule has 0 atom stereocenters. The van der Waals surface area contributed by atoms with Crippen molar-refractivity contribution in [3.05, 3.63) is 42.0 Å². The molecular formula is C14H15F2N3O3. The van der Waals surface area contributed by atoms with Gasteiger partial charge in [0.2, 0.25) is 0 Å². The number of H-pyrrole nitrogens is 1. The molecule has 0 unspecified atom stereocenters. The molecule has 6 nitrogen and oxygen atoms in total. The number of hydrogen-bond acceptors (Lipinski definition) is 5. The predicted octanol–water partition coefficient (Wildman–Crippen LogP) is 1.73. The number of rotatable bonds is 6. The SMILES string of the molecule is OCCN(Cc1ccc2c(c1)OC(F)(F)O2)Cc1ncc[nH]1. The van der Waals surface area contributed by atoms with Crippen LogP contribution in [0, 0.1) is 0 Å². The number of nitrogens with one attached hydrogen (secondary N) is 1. The maximum atomic E-state index is 13.0. The van der Waals surface area contributed by atoms with Gasteiger partial charge in [0.25, 0.3) is 0 Å². The zero-order valence-electron chi connectivity index (χ0n) is 11.6. The summed E-state index contributed by atoms with van der Waals surface area (Å²) in [6.45, 7) is 1.40. The van der Waals surface area contributed by atoms with Crippen molar-refractivity contribution in [1.29, 1.82) is 0 Å². The summed E-state index contributed by atoms with van der Waals surface area (Å²) in [5.74, 6) is 0.804. The fourth-order valence-electron chi connectivity index (χ4n) is 2.30. The molecule has 22 heavy (non-hydrogen) atoms. The van der Waals surface area contributed by atoms with Crippen molar-refractivity contribution in [2.24, 2.45) is 0 Å². The molecule has 0 saturated heterocycles. The van der Waals surface area contributed by atoms with Crippen LogP contribution in [0.25, 0.3) is 0 Å². The molecule has 118 valence electrons. The van der Waals surface area contributed by atoms with E-state index in [-0.39, 0.29) is 18.1 Å². The molecule has 1 aromatic carbocycles. The summed E-state index contributed by atoms with van der Waals surface area (Å²) in [5, 5.41) is 9.15. The zero-order chi connectivity index (χ0) is 15.6. The Labute approximate surface area is 125 Å². The largest absolute Gasteiger partial charge is 0.586 e. The molecule has 8 heteroatoms. The maximum Gasteiger partial charge on any atom is 0.586 e. The monoisotopic (exact) mass is 311 g/mol. The molecule has 2 N–H and O–H groups in total. The molecule has 0 radical (unpaired) electrons. The molecule has 0 amide bonds. The lowest BCUT2D eigenvalue weighted by atomic mass is 10.2. The third-order valence-electron chi connectivity index (χ3n) is 3.22. The van der Waals surface area contributed by atoms with Crippen LogP contribution in [-0.2, 0) is 13.1 Å². The molecule has 2 heterocycles. The van der Waals surface area contributed by atoms with Gasteiger partial charge in [-0.1, -0.05) is 6.07 Å². The number of aromatic nitrogens is 2. The Balaban J connectivity index is 1.71. The Morgan fingerprint density at radius 3 is 2.77 bits per heavy atom. The number of halogens is 2. The summed E-state index contributed by atoms with van der Waals surface area (Å²) in [6, 6.07) is 4.66. The fraction of sp³-hybridized carbons (Fsp3) is 0.357. The normalized spacial score (nSPS) is 15.5. The third kappa shape index (κ3) is 3.34. The van der Waals surface area contributed by atoms with E-state index in [0.29, 0.717) is 19.6 Å². The van der Waals surface area contributed by atoms with E-state index in [1.807, 2.05) is 4.90 Å². The van der Waals surface area contributed by atoms with Crippen molar-refractivity contribution in [2.45, 2.75) is 19.4 Å². The molecule has 1 aliphatic heterocycles. The molecule has 0 aliphatic carbocycles. The molecule has 1 aliphatic rings. The number of aliphatic hydroxyl groups is 1. The van der Waals surface area contributed by atoms with Gasteiger partial charge >= 0.3 is 6.29 Å². The Morgan fingerprint density at radius 1 is 1.23 bits per heavy atom. The highest BCUT2D eigenvalue weighted by Crippen LogP contribution is 2.41. The van der Waals surface area contributed by atoms with E-state index in [1.165, 1.54) is 12.1 Å². The summed E-state index contributed by atoms with van der Waals surface area (Å²) >= 11 is 0. The number of ether oxygens (including phenoxy) is 2. The van der Waals surface area contributed by atoms with Gasteiger partial charge in [-0.15, -0.1) is 8.78 Å². The summed E-state index contributed by atoms with van der Waals surface area (Å²) < 4.78 is 34.8. The van der Waals surface area contributed by atoms with Crippen molar-refractivity contribution in [1.82, 2.24) is 14.9 Å². The summed E-state index contributed by atoms with van der Waals surface area (Å²) in [4.78, 5) is 9.06. The van der Waals surface area contributed by atoms with Gasteiger partial charge in [-0.3, -0.25) is 4.90 Å². The Hall–Kier alpha value is -2.19. The van der Waals surface area contributed by atoms with E-state index >= 15 is 0 Å². The Morgan fingerprint density at radius 2 is 2.05 bits per heavy atom. The van der Waals surface area contributed by atoms with E-state index in [9.17, 15) is 8.78 Å². The average molecular weight is 311 g/mol. The first-order valence-electron chi connectivity index (χ1n) is 6.76. The second-order valence-electron chi connectivity index (χ2n) is 4.92. The minimum Gasteiger partial charge on any atom is -0.395 e. The van der Waals surface area contributed by atoms with E-state index in [0.717, 1.165) is 11.4 Å². The first-order chi connectivity index (χ1) is 10.6. The number of benzene rings is 1. The van der Waals surface area contributed by atoms with Crippen molar-refractivity contribution in [3.8, 4) is 11.5 Å². The molecule has 0 spiro atoms. The van der Waals surface area contributed by atoms with Crippen molar-refractivity contribution in [2.75, 3.05) is 13.2 Å². The van der Waals surface area contributed by atoms with Crippen LogP contribution < -0.4 is 9.47 Å². The number of nitrogens with zero attached hydrogens (tertiary/aromatic N) is 2. The highest BCUT2D eigenvalue weighted by Gasteiger charge is 2.43. The first-order valence-corrected chi connectivity index (χ1v) is 6.76. The fourth-order valence-corrected chi connectivity index (χ4v) is 2.30. The quantitative estimate of drug-likeness (QED) is 0.850. The first kappa shape index (κ1) is 14.7. The number of fused-ring (bicyclic) bond motifs is 1. The topological polar surface area (TPSA) is 70.6 Å². The van der Waals surface area contributed by atoms with Gasteiger partial charge in [-0.05, 0) is 17.7 Å². The van der Waals surface area contributed by atoms with Crippen LogP contribution >= 0.6 is 0 Å². The van der Waals surface area contributed by atoms with Gasteiger partial charge in [0.05, 0.1) is 13.2 Å². The molecular weight excluding hydrogens is 296 g/mol. The third-order valence-corrected chi connectivity index (χ3v) is 3.22. The van der Waals surface area contributed by atoms with Crippen molar-refractivity contribution in [3.63, 3.8) is 0 Å². The number of imidazole rings is 1. The van der Waals surface area contributed by atoms with E-state index in [1.54, 1.807) is 18.5 Å². The minimum absolute atomic E-state index is 0.0106.